The summed E-state index contributed by atoms with van der Waals surface area (Å²) in [4.78, 5) is 21.4. The number of anilines is 2. The van der Waals surface area contributed by atoms with Crippen molar-refractivity contribution in [2.24, 2.45) is 0 Å². The van der Waals surface area contributed by atoms with Gasteiger partial charge in [0.1, 0.15) is 11.5 Å². The third-order valence-electron chi connectivity index (χ3n) is 4.00. The molecule has 0 atom stereocenters. The van der Waals surface area contributed by atoms with Gasteiger partial charge in [0.25, 0.3) is 5.91 Å². The first-order valence-corrected chi connectivity index (χ1v) is 9.00. The number of carbonyl (C=O) groups excluding carboxylic acids is 1. The summed E-state index contributed by atoms with van der Waals surface area (Å²) in [6.45, 7) is 1.19. The number of nitrogens with zero attached hydrogens (tertiary/aromatic N) is 2. The van der Waals surface area contributed by atoms with Crippen LogP contribution in [0, 0.1) is 11.6 Å². The zero-order valence-electron chi connectivity index (χ0n) is 15.8. The molecular weight excluding hydrogens is 378 g/mol. The Morgan fingerprint density at radius 3 is 2.55 bits per heavy atom. The average Bonchev–Trinajstić information content (AvgIpc) is 2.74. The topological polar surface area (TPSA) is 76.1 Å². The lowest BCUT2D eigenvalue weighted by molar-refractivity contribution is 0.102. The Balaban J connectivity index is 1.86. The number of halogens is 2. The highest BCUT2D eigenvalue weighted by Gasteiger charge is 2.14. The average molecular weight is 398 g/mol. The van der Waals surface area contributed by atoms with Gasteiger partial charge in [-0.2, -0.15) is 0 Å². The highest BCUT2D eigenvalue weighted by atomic mass is 19.2. The molecule has 3 aromatic rings. The molecule has 150 valence electrons. The number of hydrogen-bond donors (Lipinski definition) is 2. The van der Waals surface area contributed by atoms with Gasteiger partial charge in [0.15, 0.2) is 17.5 Å². The van der Waals surface area contributed by atoms with Crippen molar-refractivity contribution in [2.45, 2.75) is 6.42 Å². The molecule has 0 fully saturated rings. The molecule has 0 spiro atoms. The molecule has 29 heavy (non-hydrogen) atoms. The molecule has 0 aliphatic heterocycles. The van der Waals surface area contributed by atoms with Gasteiger partial charge in [-0.25, -0.2) is 18.7 Å². The molecule has 0 aliphatic carbocycles. The summed E-state index contributed by atoms with van der Waals surface area (Å²) in [6, 6.07) is 13.9. The van der Waals surface area contributed by atoms with E-state index in [4.69, 9.17) is 4.74 Å². The van der Waals surface area contributed by atoms with E-state index in [0.29, 0.717) is 24.8 Å². The van der Waals surface area contributed by atoms with Gasteiger partial charge in [-0.3, -0.25) is 4.79 Å². The molecule has 0 saturated carbocycles. The van der Waals surface area contributed by atoms with Crippen LogP contribution in [0.5, 0.6) is 0 Å². The fourth-order valence-corrected chi connectivity index (χ4v) is 2.57. The van der Waals surface area contributed by atoms with Crippen molar-refractivity contribution in [1.29, 1.82) is 0 Å². The van der Waals surface area contributed by atoms with E-state index in [1.807, 2.05) is 30.3 Å². The van der Waals surface area contributed by atoms with Crippen LogP contribution in [-0.4, -0.2) is 36.1 Å². The number of nitrogens with one attached hydrogen (secondary N) is 2. The van der Waals surface area contributed by atoms with E-state index in [9.17, 15) is 13.6 Å². The molecule has 0 saturated heterocycles. The lowest BCUT2D eigenvalue weighted by Gasteiger charge is -2.11. The highest BCUT2D eigenvalue weighted by Crippen LogP contribution is 2.19. The Labute approximate surface area is 167 Å². The van der Waals surface area contributed by atoms with Crippen LogP contribution in [0.2, 0.25) is 0 Å². The van der Waals surface area contributed by atoms with Crippen molar-refractivity contribution in [3.63, 3.8) is 0 Å². The summed E-state index contributed by atoms with van der Waals surface area (Å²) in [6.07, 6.45) is 0.761. The summed E-state index contributed by atoms with van der Waals surface area (Å²) in [5.74, 6) is -1.74. The minimum absolute atomic E-state index is 0.0952. The van der Waals surface area contributed by atoms with Crippen LogP contribution in [0.15, 0.2) is 54.6 Å². The molecule has 1 aromatic heterocycles. The molecule has 0 unspecified atom stereocenters. The van der Waals surface area contributed by atoms with Crippen LogP contribution >= 0.6 is 0 Å². The molecule has 2 N–H and O–H groups in total. The number of methoxy groups -OCH3 is 1. The molecule has 0 radical (unpaired) electrons. The van der Waals surface area contributed by atoms with Gasteiger partial charge in [-0.05, 0) is 18.6 Å². The van der Waals surface area contributed by atoms with Crippen LogP contribution in [0.25, 0.3) is 11.4 Å². The van der Waals surface area contributed by atoms with Crippen molar-refractivity contribution >= 4 is 17.4 Å². The second-order valence-electron chi connectivity index (χ2n) is 6.18. The maximum absolute atomic E-state index is 13.4. The Hall–Kier alpha value is -3.39. The largest absolute Gasteiger partial charge is 0.385 e. The van der Waals surface area contributed by atoms with Gasteiger partial charge < -0.3 is 15.4 Å². The first-order valence-electron chi connectivity index (χ1n) is 9.00. The van der Waals surface area contributed by atoms with E-state index >= 15 is 0 Å². The summed E-state index contributed by atoms with van der Waals surface area (Å²) < 4.78 is 31.5. The van der Waals surface area contributed by atoms with E-state index in [-0.39, 0.29) is 11.4 Å². The molecule has 0 aliphatic rings. The maximum atomic E-state index is 13.4. The smallest absolute Gasteiger partial charge is 0.274 e. The molecule has 0 bridgehead atoms. The standard InChI is InChI=1S/C21H20F2N4O2/c1-29-11-5-10-24-19-13-18(26-20(27-19)14-6-3-2-4-7-14)21(28)25-15-8-9-16(22)17(23)12-15/h2-4,6-9,12-13H,5,10-11H2,1H3,(H,25,28)(H,24,26,27). The van der Waals surface area contributed by atoms with Crippen molar-refractivity contribution in [3.05, 3.63) is 71.9 Å². The fourth-order valence-electron chi connectivity index (χ4n) is 2.57. The molecule has 2 aromatic carbocycles. The van der Waals surface area contributed by atoms with Crippen LogP contribution in [0.1, 0.15) is 16.9 Å². The molecule has 3 rings (SSSR count). The molecule has 8 heteroatoms. The number of ether oxygens (including phenoxy) is 1. The van der Waals surface area contributed by atoms with E-state index in [1.165, 1.54) is 12.1 Å². The highest BCUT2D eigenvalue weighted by molar-refractivity contribution is 6.03. The quantitative estimate of drug-likeness (QED) is 0.558. The van der Waals surface area contributed by atoms with E-state index in [1.54, 1.807) is 7.11 Å². The van der Waals surface area contributed by atoms with Crippen molar-refractivity contribution in [3.8, 4) is 11.4 Å². The van der Waals surface area contributed by atoms with Crippen molar-refractivity contribution in [2.75, 3.05) is 30.9 Å². The Morgan fingerprint density at radius 1 is 1.03 bits per heavy atom. The van der Waals surface area contributed by atoms with Gasteiger partial charge in [0.2, 0.25) is 0 Å². The summed E-state index contributed by atoms with van der Waals surface area (Å²) in [7, 11) is 1.62. The number of carbonyl (C=O) groups is 1. The molecule has 1 heterocycles. The van der Waals surface area contributed by atoms with Crippen LogP contribution in [-0.2, 0) is 4.74 Å². The van der Waals surface area contributed by atoms with Crippen molar-refractivity contribution in [1.82, 2.24) is 9.97 Å². The van der Waals surface area contributed by atoms with E-state index < -0.39 is 17.5 Å². The summed E-state index contributed by atoms with van der Waals surface area (Å²) in [5, 5.41) is 5.67. The molecular formula is C21H20F2N4O2. The number of rotatable bonds is 8. The Morgan fingerprint density at radius 2 is 1.83 bits per heavy atom. The maximum Gasteiger partial charge on any atom is 0.274 e. The lowest BCUT2D eigenvalue weighted by Crippen LogP contribution is -2.16. The third-order valence-corrected chi connectivity index (χ3v) is 4.00. The van der Waals surface area contributed by atoms with Crippen LogP contribution in [0.3, 0.4) is 0 Å². The summed E-state index contributed by atoms with van der Waals surface area (Å²) >= 11 is 0. The molecule has 1 amide bonds. The second-order valence-corrected chi connectivity index (χ2v) is 6.18. The van der Waals surface area contributed by atoms with Crippen LogP contribution in [0.4, 0.5) is 20.3 Å². The third kappa shape index (κ3) is 5.55. The fraction of sp³-hybridized carbons (Fsp3) is 0.190. The zero-order chi connectivity index (χ0) is 20.6. The number of benzene rings is 2. The number of aromatic nitrogens is 2. The minimum atomic E-state index is -1.05. The zero-order valence-corrected chi connectivity index (χ0v) is 15.8. The molecule has 6 nitrogen and oxygen atoms in total. The summed E-state index contributed by atoms with van der Waals surface area (Å²) in [5.41, 5.74) is 0.969. The normalized spacial score (nSPS) is 10.6. The van der Waals surface area contributed by atoms with E-state index in [0.717, 1.165) is 24.1 Å². The van der Waals surface area contributed by atoms with Gasteiger partial charge >= 0.3 is 0 Å². The first kappa shape index (κ1) is 20.3. The first-order chi connectivity index (χ1) is 14.1. The van der Waals surface area contributed by atoms with Crippen LogP contribution < -0.4 is 10.6 Å². The van der Waals surface area contributed by atoms with E-state index in [2.05, 4.69) is 20.6 Å². The van der Waals surface area contributed by atoms with Gasteiger partial charge in [0.05, 0.1) is 0 Å². The lowest BCUT2D eigenvalue weighted by atomic mass is 10.2. The van der Waals surface area contributed by atoms with Gasteiger partial charge in [-0.1, -0.05) is 30.3 Å². The second kappa shape index (κ2) is 9.70. The predicted molar refractivity (Wildman–Crippen MR) is 107 cm³/mol. The minimum Gasteiger partial charge on any atom is -0.385 e. The van der Waals surface area contributed by atoms with Crippen molar-refractivity contribution < 1.29 is 18.3 Å². The number of hydrogen-bond acceptors (Lipinski definition) is 5. The van der Waals surface area contributed by atoms with Gasteiger partial charge in [-0.15, -0.1) is 0 Å². The number of amides is 1. The van der Waals surface area contributed by atoms with Gasteiger partial charge in [0, 0.05) is 43.6 Å². The monoisotopic (exact) mass is 398 g/mol. The predicted octanol–water partition coefficient (Wildman–Crippen LogP) is 4.12. The SMILES string of the molecule is COCCCNc1cc(C(=O)Nc2ccc(F)c(F)c2)nc(-c2ccccc2)n1. The Kier molecular flexibility index (Phi) is 6.80. The Bertz CT molecular complexity index is 984.